The van der Waals surface area contributed by atoms with Crippen molar-refractivity contribution in [3.63, 3.8) is 0 Å². The molecule has 20 heavy (non-hydrogen) atoms. The second kappa shape index (κ2) is 5.88. The Morgan fingerprint density at radius 2 is 1.85 bits per heavy atom. The summed E-state index contributed by atoms with van der Waals surface area (Å²) in [6.07, 6.45) is 1.43. The number of amides is 1. The van der Waals surface area contributed by atoms with Gasteiger partial charge in [-0.2, -0.15) is 0 Å². The summed E-state index contributed by atoms with van der Waals surface area (Å²) >= 11 is 0. The fourth-order valence-electron chi connectivity index (χ4n) is 2.44. The van der Waals surface area contributed by atoms with Crippen LogP contribution >= 0.6 is 0 Å². The number of piperazine rings is 1. The minimum atomic E-state index is -0.0434. The molecular weight excluding hydrogens is 254 g/mol. The van der Waals surface area contributed by atoms with E-state index in [1.165, 1.54) is 11.8 Å². The lowest BCUT2D eigenvalue weighted by atomic mass is 10.2. The van der Waals surface area contributed by atoms with Crippen molar-refractivity contribution in [2.24, 2.45) is 0 Å². The smallest absolute Gasteiger partial charge is 0.276 e. The molecule has 1 aromatic heterocycles. The maximum atomic E-state index is 12.1. The first-order valence-corrected chi connectivity index (χ1v) is 6.79. The van der Waals surface area contributed by atoms with Crippen LogP contribution in [0.3, 0.4) is 0 Å². The second-order valence-electron chi connectivity index (χ2n) is 4.94. The number of rotatable bonds is 3. The van der Waals surface area contributed by atoms with Crippen LogP contribution in [0, 0.1) is 0 Å². The van der Waals surface area contributed by atoms with Gasteiger partial charge in [0.05, 0.1) is 0 Å². The summed E-state index contributed by atoms with van der Waals surface area (Å²) in [5, 5.41) is 3.70. The van der Waals surface area contributed by atoms with Gasteiger partial charge in [0.15, 0.2) is 5.69 Å². The van der Waals surface area contributed by atoms with Gasteiger partial charge in [-0.1, -0.05) is 35.5 Å². The molecule has 5 nitrogen and oxygen atoms in total. The number of benzene rings is 1. The van der Waals surface area contributed by atoms with Crippen LogP contribution in [0.15, 0.2) is 47.2 Å². The number of hydrogen-bond acceptors (Lipinski definition) is 4. The molecule has 1 aromatic carbocycles. The zero-order valence-corrected chi connectivity index (χ0v) is 11.2. The Labute approximate surface area is 117 Å². The third-order valence-corrected chi connectivity index (χ3v) is 3.57. The molecule has 0 radical (unpaired) electrons. The van der Waals surface area contributed by atoms with E-state index in [2.05, 4.69) is 34.3 Å². The maximum absolute atomic E-state index is 12.1. The lowest BCUT2D eigenvalue weighted by molar-refractivity contribution is 0.0618. The van der Waals surface area contributed by atoms with Crippen molar-refractivity contribution in [3.05, 3.63) is 53.9 Å². The SMILES string of the molecule is O=C(c1ccon1)N1CCN(Cc2ccccc2)CC1. The van der Waals surface area contributed by atoms with Crippen molar-refractivity contribution in [2.75, 3.05) is 26.2 Å². The first-order chi connectivity index (χ1) is 9.83. The highest BCUT2D eigenvalue weighted by molar-refractivity contribution is 5.92. The molecule has 1 amide bonds. The van der Waals surface area contributed by atoms with E-state index in [0.717, 1.165) is 32.7 Å². The number of carbonyl (C=O) groups is 1. The monoisotopic (exact) mass is 271 g/mol. The van der Waals surface area contributed by atoms with Gasteiger partial charge in [-0.25, -0.2) is 0 Å². The molecule has 2 aromatic rings. The molecule has 1 aliphatic heterocycles. The van der Waals surface area contributed by atoms with Gasteiger partial charge >= 0.3 is 0 Å². The standard InChI is InChI=1S/C15H17N3O2/c19-15(14-6-11-20-16-14)18-9-7-17(8-10-18)12-13-4-2-1-3-5-13/h1-6,11H,7-10,12H2. The van der Waals surface area contributed by atoms with Gasteiger partial charge in [-0.3, -0.25) is 9.69 Å². The number of hydrogen-bond donors (Lipinski definition) is 0. The van der Waals surface area contributed by atoms with Crippen LogP contribution in [0.25, 0.3) is 0 Å². The van der Waals surface area contributed by atoms with E-state index in [1.807, 2.05) is 11.0 Å². The minimum Gasteiger partial charge on any atom is -0.364 e. The summed E-state index contributed by atoms with van der Waals surface area (Å²) in [6, 6.07) is 12.0. The zero-order chi connectivity index (χ0) is 13.8. The van der Waals surface area contributed by atoms with Gasteiger partial charge in [0, 0.05) is 38.8 Å². The van der Waals surface area contributed by atoms with Gasteiger partial charge in [-0.05, 0) is 5.56 Å². The van der Waals surface area contributed by atoms with Gasteiger partial charge < -0.3 is 9.42 Å². The third-order valence-electron chi connectivity index (χ3n) is 3.57. The van der Waals surface area contributed by atoms with Crippen LogP contribution in [0.1, 0.15) is 16.1 Å². The zero-order valence-electron chi connectivity index (χ0n) is 11.2. The van der Waals surface area contributed by atoms with Gasteiger partial charge in [0.25, 0.3) is 5.91 Å². The van der Waals surface area contributed by atoms with Crippen LogP contribution in [0.5, 0.6) is 0 Å². The largest absolute Gasteiger partial charge is 0.364 e. The van der Waals surface area contributed by atoms with Crippen molar-refractivity contribution in [3.8, 4) is 0 Å². The summed E-state index contributed by atoms with van der Waals surface area (Å²) in [5.41, 5.74) is 1.70. The summed E-state index contributed by atoms with van der Waals surface area (Å²) in [6.45, 7) is 4.18. The Balaban J connectivity index is 1.53. The Kier molecular flexibility index (Phi) is 3.78. The maximum Gasteiger partial charge on any atom is 0.276 e. The molecule has 0 unspecified atom stereocenters. The Morgan fingerprint density at radius 1 is 1.10 bits per heavy atom. The molecule has 1 fully saturated rings. The van der Waals surface area contributed by atoms with E-state index in [0.29, 0.717) is 5.69 Å². The molecule has 3 rings (SSSR count). The van der Waals surface area contributed by atoms with E-state index in [1.54, 1.807) is 6.07 Å². The van der Waals surface area contributed by atoms with E-state index in [4.69, 9.17) is 4.52 Å². The predicted octanol–water partition coefficient (Wildman–Crippen LogP) is 1.63. The first kappa shape index (κ1) is 12.9. The van der Waals surface area contributed by atoms with Gasteiger partial charge in [0.2, 0.25) is 0 Å². The first-order valence-electron chi connectivity index (χ1n) is 6.79. The van der Waals surface area contributed by atoms with E-state index in [-0.39, 0.29) is 5.91 Å². The van der Waals surface area contributed by atoms with Crippen LogP contribution in [0.4, 0.5) is 0 Å². The van der Waals surface area contributed by atoms with Crippen molar-refractivity contribution in [2.45, 2.75) is 6.54 Å². The summed E-state index contributed by atoms with van der Waals surface area (Å²) < 4.78 is 4.72. The van der Waals surface area contributed by atoms with Crippen LogP contribution < -0.4 is 0 Å². The van der Waals surface area contributed by atoms with Gasteiger partial charge in [0.1, 0.15) is 6.26 Å². The molecule has 1 aliphatic rings. The minimum absolute atomic E-state index is 0.0434. The fraction of sp³-hybridized carbons (Fsp3) is 0.333. The second-order valence-corrected chi connectivity index (χ2v) is 4.94. The highest BCUT2D eigenvalue weighted by atomic mass is 16.5. The Bertz CT molecular complexity index is 546. The van der Waals surface area contributed by atoms with E-state index in [9.17, 15) is 4.79 Å². The molecule has 5 heteroatoms. The number of carbonyl (C=O) groups excluding carboxylic acids is 1. The summed E-state index contributed by atoms with van der Waals surface area (Å²) in [7, 11) is 0. The van der Waals surface area contributed by atoms with E-state index < -0.39 is 0 Å². The van der Waals surface area contributed by atoms with Crippen LogP contribution in [-0.4, -0.2) is 47.0 Å². The van der Waals surface area contributed by atoms with Gasteiger partial charge in [-0.15, -0.1) is 0 Å². The predicted molar refractivity (Wildman–Crippen MR) is 74.1 cm³/mol. The number of nitrogens with zero attached hydrogens (tertiary/aromatic N) is 3. The number of aromatic nitrogens is 1. The highest BCUT2D eigenvalue weighted by Crippen LogP contribution is 2.10. The average Bonchev–Trinajstić information content (AvgIpc) is 3.03. The molecular formula is C15H17N3O2. The molecule has 0 N–H and O–H groups in total. The van der Waals surface area contributed by atoms with Crippen LogP contribution in [-0.2, 0) is 6.54 Å². The lowest BCUT2D eigenvalue weighted by Crippen LogP contribution is -2.48. The molecule has 0 atom stereocenters. The lowest BCUT2D eigenvalue weighted by Gasteiger charge is -2.34. The van der Waals surface area contributed by atoms with Crippen molar-refractivity contribution in [1.82, 2.24) is 15.0 Å². The fourth-order valence-corrected chi connectivity index (χ4v) is 2.44. The van der Waals surface area contributed by atoms with Crippen molar-refractivity contribution >= 4 is 5.91 Å². The van der Waals surface area contributed by atoms with Crippen molar-refractivity contribution < 1.29 is 9.32 Å². The molecule has 0 bridgehead atoms. The van der Waals surface area contributed by atoms with E-state index >= 15 is 0 Å². The summed E-state index contributed by atoms with van der Waals surface area (Å²) in [4.78, 5) is 16.3. The molecule has 0 spiro atoms. The molecule has 104 valence electrons. The average molecular weight is 271 g/mol. The normalized spacial score (nSPS) is 16.3. The Morgan fingerprint density at radius 3 is 2.50 bits per heavy atom. The molecule has 0 aliphatic carbocycles. The molecule has 0 saturated carbocycles. The third kappa shape index (κ3) is 2.88. The molecule has 1 saturated heterocycles. The van der Waals surface area contributed by atoms with Crippen molar-refractivity contribution in [1.29, 1.82) is 0 Å². The highest BCUT2D eigenvalue weighted by Gasteiger charge is 2.23. The topological polar surface area (TPSA) is 49.6 Å². The summed E-state index contributed by atoms with van der Waals surface area (Å²) in [5.74, 6) is -0.0434. The Hall–Kier alpha value is -2.14. The van der Waals surface area contributed by atoms with Crippen LogP contribution in [0.2, 0.25) is 0 Å². The quantitative estimate of drug-likeness (QED) is 0.851. The molecule has 2 heterocycles.